The van der Waals surface area contributed by atoms with Crippen LogP contribution in [0.25, 0.3) is 11.4 Å². The Morgan fingerprint density at radius 1 is 1.29 bits per heavy atom. The van der Waals surface area contributed by atoms with Crippen molar-refractivity contribution in [2.45, 2.75) is 18.6 Å². The molecule has 112 valence electrons. The van der Waals surface area contributed by atoms with Crippen molar-refractivity contribution in [3.8, 4) is 11.4 Å². The van der Waals surface area contributed by atoms with Gasteiger partial charge in [0.1, 0.15) is 0 Å². The number of non-ortho nitro benzene ring substituents is 1. The van der Waals surface area contributed by atoms with Crippen LogP contribution in [0, 0.1) is 10.1 Å². The number of nitrogens with zero attached hydrogens (tertiary/aromatic N) is 3. The first-order valence-electron chi connectivity index (χ1n) is 5.57. The number of hydrogen-bond donors (Lipinski definition) is 1. The first-order valence-corrected chi connectivity index (χ1v) is 5.57. The van der Waals surface area contributed by atoms with Crippen molar-refractivity contribution in [1.29, 1.82) is 0 Å². The molecule has 0 aliphatic heterocycles. The fraction of sp³-hybridized carbons (Fsp3) is 0.273. The Kier molecular flexibility index (Phi) is 3.41. The first kappa shape index (κ1) is 14.9. The van der Waals surface area contributed by atoms with E-state index in [0.29, 0.717) is 6.92 Å². The van der Waals surface area contributed by atoms with E-state index in [9.17, 15) is 23.3 Å². The van der Waals surface area contributed by atoms with Crippen molar-refractivity contribution < 1.29 is 22.6 Å². The molecule has 0 fully saturated rings. The molecule has 2 N–H and O–H groups in total. The number of hydrogen-bond acceptors (Lipinski definition) is 6. The van der Waals surface area contributed by atoms with Crippen LogP contribution in [-0.2, 0) is 5.54 Å². The zero-order chi connectivity index (χ0) is 15.8. The summed E-state index contributed by atoms with van der Waals surface area (Å²) in [6.07, 6.45) is -4.76. The molecule has 2 aromatic rings. The van der Waals surface area contributed by atoms with Crippen LogP contribution < -0.4 is 5.73 Å². The second-order valence-electron chi connectivity index (χ2n) is 4.43. The molecule has 2 rings (SSSR count). The van der Waals surface area contributed by atoms with Crippen LogP contribution >= 0.6 is 0 Å². The lowest BCUT2D eigenvalue weighted by Crippen LogP contribution is -2.47. The van der Waals surface area contributed by atoms with E-state index in [0.717, 1.165) is 0 Å². The minimum atomic E-state index is -4.76. The van der Waals surface area contributed by atoms with Crippen LogP contribution in [0.3, 0.4) is 0 Å². The van der Waals surface area contributed by atoms with Gasteiger partial charge >= 0.3 is 6.18 Å². The number of alkyl halides is 3. The van der Waals surface area contributed by atoms with Crippen molar-refractivity contribution >= 4 is 5.69 Å². The van der Waals surface area contributed by atoms with Gasteiger partial charge in [-0.05, 0) is 19.1 Å². The van der Waals surface area contributed by atoms with E-state index in [2.05, 4.69) is 14.7 Å². The minimum absolute atomic E-state index is 0.138. The average Bonchev–Trinajstić information content (AvgIpc) is 2.87. The summed E-state index contributed by atoms with van der Waals surface area (Å²) in [5.41, 5.74) is 2.49. The molecule has 0 aliphatic carbocycles. The molecule has 0 amide bonds. The van der Waals surface area contributed by atoms with E-state index in [4.69, 9.17) is 5.73 Å². The summed E-state index contributed by atoms with van der Waals surface area (Å²) >= 11 is 0. The Bertz CT molecular complexity index is 664. The number of nitro benzene ring substituents is 1. The van der Waals surface area contributed by atoms with Crippen LogP contribution in [0.1, 0.15) is 12.8 Å². The van der Waals surface area contributed by atoms with Crippen LogP contribution in [0.4, 0.5) is 18.9 Å². The molecule has 1 unspecified atom stereocenters. The highest BCUT2D eigenvalue weighted by Crippen LogP contribution is 2.36. The van der Waals surface area contributed by atoms with Gasteiger partial charge in [-0.15, -0.1) is 0 Å². The maximum Gasteiger partial charge on any atom is 0.415 e. The third-order valence-electron chi connectivity index (χ3n) is 2.80. The zero-order valence-electron chi connectivity index (χ0n) is 10.6. The van der Waals surface area contributed by atoms with Gasteiger partial charge in [0.25, 0.3) is 11.6 Å². The SMILES string of the molecule is CC(N)(c1nc(-c2ccc([N+](=O)[O-])cc2)no1)C(F)(F)F. The van der Waals surface area contributed by atoms with Gasteiger partial charge < -0.3 is 10.3 Å². The molecule has 0 aliphatic rings. The Balaban J connectivity index is 2.34. The van der Waals surface area contributed by atoms with E-state index in [1.165, 1.54) is 24.3 Å². The average molecular weight is 302 g/mol. The molecule has 0 spiro atoms. The Hall–Kier alpha value is -2.49. The maximum atomic E-state index is 12.7. The lowest BCUT2D eigenvalue weighted by molar-refractivity contribution is -0.384. The Morgan fingerprint density at radius 2 is 1.86 bits per heavy atom. The predicted octanol–water partition coefficient (Wildman–Crippen LogP) is 2.38. The monoisotopic (exact) mass is 302 g/mol. The van der Waals surface area contributed by atoms with Crippen LogP contribution in [0.2, 0.25) is 0 Å². The highest BCUT2D eigenvalue weighted by atomic mass is 19.4. The molecule has 1 aromatic carbocycles. The molecule has 0 saturated heterocycles. The van der Waals surface area contributed by atoms with Crippen molar-refractivity contribution in [1.82, 2.24) is 10.1 Å². The van der Waals surface area contributed by atoms with Crippen LogP contribution in [-0.4, -0.2) is 21.2 Å². The van der Waals surface area contributed by atoms with E-state index < -0.39 is 22.5 Å². The molecular formula is C11H9F3N4O3. The molecule has 0 saturated carbocycles. The van der Waals surface area contributed by atoms with E-state index in [-0.39, 0.29) is 17.1 Å². The normalized spacial score (nSPS) is 14.7. The van der Waals surface area contributed by atoms with Crippen LogP contribution in [0.15, 0.2) is 28.8 Å². The fourth-order valence-electron chi connectivity index (χ4n) is 1.41. The summed E-state index contributed by atoms with van der Waals surface area (Å²) in [7, 11) is 0. The van der Waals surface area contributed by atoms with E-state index >= 15 is 0 Å². The predicted molar refractivity (Wildman–Crippen MR) is 64.0 cm³/mol. The smallest absolute Gasteiger partial charge is 0.337 e. The molecule has 1 heterocycles. The largest absolute Gasteiger partial charge is 0.415 e. The third kappa shape index (κ3) is 2.70. The second kappa shape index (κ2) is 4.81. The fourth-order valence-corrected chi connectivity index (χ4v) is 1.41. The molecular weight excluding hydrogens is 293 g/mol. The summed E-state index contributed by atoms with van der Waals surface area (Å²) < 4.78 is 42.8. The van der Waals surface area contributed by atoms with Crippen molar-refractivity contribution in [3.63, 3.8) is 0 Å². The third-order valence-corrected chi connectivity index (χ3v) is 2.80. The topological polar surface area (TPSA) is 108 Å². The highest BCUT2D eigenvalue weighted by Gasteiger charge is 2.53. The highest BCUT2D eigenvalue weighted by molar-refractivity contribution is 5.56. The van der Waals surface area contributed by atoms with E-state index in [1.54, 1.807) is 0 Å². The molecule has 10 heteroatoms. The van der Waals surface area contributed by atoms with Gasteiger partial charge in [-0.2, -0.15) is 18.2 Å². The van der Waals surface area contributed by atoms with Gasteiger partial charge in [-0.25, -0.2) is 0 Å². The number of nitrogens with two attached hydrogens (primary N) is 1. The first-order chi connectivity index (χ1) is 9.63. The zero-order valence-corrected chi connectivity index (χ0v) is 10.6. The Morgan fingerprint density at radius 3 is 2.33 bits per heavy atom. The summed E-state index contributed by atoms with van der Waals surface area (Å²) in [4.78, 5) is 13.5. The van der Waals surface area contributed by atoms with Crippen molar-refractivity contribution in [3.05, 3.63) is 40.3 Å². The standard InChI is InChI=1S/C11H9F3N4O3/c1-10(15,11(12,13)14)9-16-8(17-21-9)6-2-4-7(5-3-6)18(19)20/h2-5H,15H2,1H3. The maximum absolute atomic E-state index is 12.7. The van der Waals surface area contributed by atoms with Gasteiger partial charge in [0, 0.05) is 17.7 Å². The molecule has 7 nitrogen and oxygen atoms in total. The minimum Gasteiger partial charge on any atom is -0.337 e. The summed E-state index contributed by atoms with van der Waals surface area (Å²) in [6.45, 7) is 0.708. The molecule has 0 radical (unpaired) electrons. The summed E-state index contributed by atoms with van der Waals surface area (Å²) in [5, 5.41) is 13.9. The van der Waals surface area contributed by atoms with Gasteiger partial charge in [-0.1, -0.05) is 5.16 Å². The summed E-state index contributed by atoms with van der Waals surface area (Å²) in [5.74, 6) is -0.927. The quantitative estimate of drug-likeness (QED) is 0.688. The van der Waals surface area contributed by atoms with Gasteiger partial charge in [-0.3, -0.25) is 10.1 Å². The van der Waals surface area contributed by atoms with Crippen molar-refractivity contribution in [2.24, 2.45) is 5.73 Å². The summed E-state index contributed by atoms with van der Waals surface area (Å²) in [6, 6.07) is 4.95. The second-order valence-corrected chi connectivity index (χ2v) is 4.43. The number of benzene rings is 1. The van der Waals surface area contributed by atoms with Gasteiger partial charge in [0.2, 0.25) is 5.82 Å². The van der Waals surface area contributed by atoms with E-state index in [1.807, 2.05) is 0 Å². The van der Waals surface area contributed by atoms with Crippen molar-refractivity contribution in [2.75, 3.05) is 0 Å². The number of halogens is 3. The molecule has 1 aromatic heterocycles. The molecule has 21 heavy (non-hydrogen) atoms. The van der Waals surface area contributed by atoms with Crippen LogP contribution in [0.5, 0.6) is 0 Å². The van der Waals surface area contributed by atoms with Gasteiger partial charge in [0.05, 0.1) is 4.92 Å². The Labute approximate surface area is 115 Å². The lowest BCUT2D eigenvalue weighted by atomic mass is 10.0. The molecule has 0 bridgehead atoms. The molecule has 1 atom stereocenters. The number of rotatable bonds is 3. The van der Waals surface area contributed by atoms with Gasteiger partial charge in [0.15, 0.2) is 5.54 Å². The number of aromatic nitrogens is 2. The number of nitro groups is 1. The lowest BCUT2D eigenvalue weighted by Gasteiger charge is -2.22.